The van der Waals surface area contributed by atoms with Gasteiger partial charge in [-0.15, -0.1) is 0 Å². The third-order valence-electron chi connectivity index (χ3n) is 1.76. The lowest BCUT2D eigenvalue weighted by molar-refractivity contribution is 0.188. The van der Waals surface area contributed by atoms with Crippen LogP contribution in [0, 0.1) is 5.82 Å². The number of rotatable bonds is 2. The molecule has 2 N–H and O–H groups in total. The van der Waals surface area contributed by atoms with E-state index in [1.165, 1.54) is 20.1 Å². The molecular weight excluding hydrogens is 175 g/mol. The van der Waals surface area contributed by atoms with E-state index in [-0.39, 0.29) is 17.1 Å². The lowest BCUT2D eigenvalue weighted by Gasteiger charge is -2.11. The van der Waals surface area contributed by atoms with Crippen molar-refractivity contribution >= 4 is 0 Å². The van der Waals surface area contributed by atoms with Gasteiger partial charge in [-0.1, -0.05) is 0 Å². The van der Waals surface area contributed by atoms with Gasteiger partial charge in [-0.3, -0.25) is 0 Å². The van der Waals surface area contributed by atoms with Crippen molar-refractivity contribution in [1.29, 1.82) is 0 Å². The maximum absolute atomic E-state index is 13.0. The summed E-state index contributed by atoms with van der Waals surface area (Å²) in [6.07, 6.45) is -1.06. The average Bonchev–Trinajstić information content (AvgIpc) is 2.04. The van der Waals surface area contributed by atoms with E-state index in [4.69, 9.17) is 9.84 Å². The van der Waals surface area contributed by atoms with Crippen molar-refractivity contribution in [1.82, 2.24) is 0 Å². The number of aliphatic hydroxyl groups is 1. The van der Waals surface area contributed by atoms with E-state index in [0.29, 0.717) is 0 Å². The molecule has 0 radical (unpaired) electrons. The molecule has 0 aromatic heterocycles. The molecule has 0 aliphatic rings. The molecule has 0 fully saturated rings. The van der Waals surface area contributed by atoms with E-state index in [1.54, 1.807) is 0 Å². The average molecular weight is 186 g/mol. The first kappa shape index (κ1) is 9.80. The SMILES string of the molecule is COc1ccc(F)c(C(C)O)c1O. The summed E-state index contributed by atoms with van der Waals surface area (Å²) in [5.41, 5.74) is -0.139. The first-order valence-corrected chi connectivity index (χ1v) is 3.81. The number of phenolic OH excluding ortho intramolecular Hbond substituents is 1. The van der Waals surface area contributed by atoms with Crippen molar-refractivity contribution in [2.45, 2.75) is 13.0 Å². The molecular formula is C9H11FO3. The summed E-state index contributed by atoms with van der Waals surface area (Å²) in [5, 5.41) is 18.6. The van der Waals surface area contributed by atoms with Crippen molar-refractivity contribution in [2.24, 2.45) is 0 Å². The Morgan fingerprint density at radius 2 is 2.08 bits per heavy atom. The molecule has 1 aromatic carbocycles. The minimum absolute atomic E-state index is 0.139. The Balaban J connectivity index is 3.30. The van der Waals surface area contributed by atoms with Gasteiger partial charge in [-0.2, -0.15) is 0 Å². The Bertz CT molecular complexity index is 310. The molecule has 0 aliphatic heterocycles. The van der Waals surface area contributed by atoms with Crippen LogP contribution < -0.4 is 4.74 Å². The second-order valence-corrected chi connectivity index (χ2v) is 2.69. The van der Waals surface area contributed by atoms with Crippen molar-refractivity contribution in [2.75, 3.05) is 7.11 Å². The Hall–Kier alpha value is -1.29. The number of aliphatic hydroxyl groups excluding tert-OH is 1. The number of ether oxygens (including phenoxy) is 1. The Morgan fingerprint density at radius 3 is 2.54 bits per heavy atom. The maximum atomic E-state index is 13.0. The van der Waals surface area contributed by atoms with Gasteiger partial charge in [0, 0.05) is 0 Å². The number of benzene rings is 1. The summed E-state index contributed by atoms with van der Waals surface area (Å²) < 4.78 is 17.8. The molecule has 13 heavy (non-hydrogen) atoms. The fraction of sp³-hybridized carbons (Fsp3) is 0.333. The normalized spacial score (nSPS) is 12.6. The van der Waals surface area contributed by atoms with Crippen molar-refractivity contribution < 1.29 is 19.3 Å². The number of hydrogen-bond acceptors (Lipinski definition) is 3. The molecule has 0 bridgehead atoms. The van der Waals surface area contributed by atoms with Crippen LogP contribution in [0.15, 0.2) is 12.1 Å². The molecule has 1 unspecified atom stereocenters. The highest BCUT2D eigenvalue weighted by Gasteiger charge is 2.16. The van der Waals surface area contributed by atoms with E-state index in [9.17, 15) is 9.50 Å². The molecule has 0 aliphatic carbocycles. The van der Waals surface area contributed by atoms with Gasteiger partial charge in [0.15, 0.2) is 11.5 Å². The number of aromatic hydroxyl groups is 1. The number of methoxy groups -OCH3 is 1. The van der Waals surface area contributed by atoms with Gasteiger partial charge in [-0.05, 0) is 19.1 Å². The smallest absolute Gasteiger partial charge is 0.166 e. The van der Waals surface area contributed by atoms with E-state index in [0.717, 1.165) is 6.07 Å². The third-order valence-corrected chi connectivity index (χ3v) is 1.76. The summed E-state index contributed by atoms with van der Waals surface area (Å²) in [6, 6.07) is 2.44. The molecule has 0 spiro atoms. The van der Waals surface area contributed by atoms with Crippen LogP contribution >= 0.6 is 0 Å². The predicted molar refractivity (Wildman–Crippen MR) is 45.3 cm³/mol. The van der Waals surface area contributed by atoms with E-state index in [1.807, 2.05) is 0 Å². The summed E-state index contributed by atoms with van der Waals surface area (Å²) in [7, 11) is 1.36. The lowest BCUT2D eigenvalue weighted by Crippen LogP contribution is -1.98. The highest BCUT2D eigenvalue weighted by atomic mass is 19.1. The lowest BCUT2D eigenvalue weighted by atomic mass is 10.1. The summed E-state index contributed by atoms with van der Waals surface area (Å²) in [4.78, 5) is 0. The van der Waals surface area contributed by atoms with Crippen LogP contribution in [-0.2, 0) is 0 Å². The summed E-state index contributed by atoms with van der Waals surface area (Å²) in [5.74, 6) is -0.844. The van der Waals surface area contributed by atoms with Crippen LogP contribution in [0.4, 0.5) is 4.39 Å². The minimum atomic E-state index is -1.06. The molecule has 3 nitrogen and oxygen atoms in total. The number of hydrogen-bond donors (Lipinski definition) is 2. The molecule has 1 aromatic rings. The van der Waals surface area contributed by atoms with Gasteiger partial charge in [0.2, 0.25) is 0 Å². The summed E-state index contributed by atoms with van der Waals surface area (Å²) in [6.45, 7) is 1.37. The maximum Gasteiger partial charge on any atom is 0.166 e. The zero-order valence-corrected chi connectivity index (χ0v) is 7.41. The predicted octanol–water partition coefficient (Wildman–Crippen LogP) is 1.59. The third kappa shape index (κ3) is 1.72. The Kier molecular flexibility index (Phi) is 2.72. The molecule has 0 saturated carbocycles. The molecule has 72 valence electrons. The van der Waals surface area contributed by atoms with Crippen LogP contribution in [0.1, 0.15) is 18.6 Å². The number of halogens is 1. The Labute approximate surface area is 75.4 Å². The molecule has 0 saturated heterocycles. The molecule has 0 heterocycles. The highest BCUT2D eigenvalue weighted by molar-refractivity contribution is 5.47. The fourth-order valence-electron chi connectivity index (χ4n) is 1.13. The second kappa shape index (κ2) is 3.62. The number of phenols is 1. The van der Waals surface area contributed by atoms with Crippen LogP contribution in [-0.4, -0.2) is 17.3 Å². The highest BCUT2D eigenvalue weighted by Crippen LogP contribution is 2.35. The van der Waals surface area contributed by atoms with Crippen molar-refractivity contribution in [3.63, 3.8) is 0 Å². The monoisotopic (exact) mass is 186 g/mol. The standard InChI is InChI=1S/C9H11FO3/c1-5(11)8-6(10)3-4-7(13-2)9(8)12/h3-5,11-12H,1-2H3. The molecule has 0 amide bonds. The van der Waals surface area contributed by atoms with E-state index >= 15 is 0 Å². The van der Waals surface area contributed by atoms with Gasteiger partial charge in [0.25, 0.3) is 0 Å². The van der Waals surface area contributed by atoms with E-state index in [2.05, 4.69) is 0 Å². The fourth-order valence-corrected chi connectivity index (χ4v) is 1.13. The van der Waals surface area contributed by atoms with Crippen molar-refractivity contribution in [3.8, 4) is 11.5 Å². The van der Waals surface area contributed by atoms with Gasteiger partial charge in [-0.25, -0.2) is 4.39 Å². The largest absolute Gasteiger partial charge is 0.504 e. The zero-order valence-electron chi connectivity index (χ0n) is 7.41. The first-order chi connectivity index (χ1) is 6.07. The van der Waals surface area contributed by atoms with Gasteiger partial charge in [0.1, 0.15) is 5.82 Å². The van der Waals surface area contributed by atoms with Gasteiger partial charge in [0.05, 0.1) is 18.8 Å². The van der Waals surface area contributed by atoms with E-state index < -0.39 is 11.9 Å². The van der Waals surface area contributed by atoms with Gasteiger partial charge >= 0.3 is 0 Å². The summed E-state index contributed by atoms with van der Waals surface area (Å²) >= 11 is 0. The zero-order chi connectivity index (χ0) is 10.0. The van der Waals surface area contributed by atoms with Crippen LogP contribution in [0.5, 0.6) is 11.5 Å². The second-order valence-electron chi connectivity index (χ2n) is 2.69. The van der Waals surface area contributed by atoms with Crippen LogP contribution in [0.25, 0.3) is 0 Å². The Morgan fingerprint density at radius 1 is 1.46 bits per heavy atom. The molecule has 4 heteroatoms. The quantitative estimate of drug-likeness (QED) is 0.737. The molecule has 1 atom stereocenters. The molecule has 1 rings (SSSR count). The topological polar surface area (TPSA) is 49.7 Å². The van der Waals surface area contributed by atoms with Crippen LogP contribution in [0.2, 0.25) is 0 Å². The van der Waals surface area contributed by atoms with Gasteiger partial charge < -0.3 is 14.9 Å². The first-order valence-electron chi connectivity index (χ1n) is 3.81. The minimum Gasteiger partial charge on any atom is -0.504 e. The van der Waals surface area contributed by atoms with Crippen molar-refractivity contribution in [3.05, 3.63) is 23.5 Å². The van der Waals surface area contributed by atoms with Crippen LogP contribution in [0.3, 0.4) is 0 Å².